The summed E-state index contributed by atoms with van der Waals surface area (Å²) in [6.07, 6.45) is 3.28. The van der Waals surface area contributed by atoms with E-state index in [1.165, 1.54) is 0 Å². The predicted octanol–water partition coefficient (Wildman–Crippen LogP) is 4.02. The van der Waals surface area contributed by atoms with E-state index in [2.05, 4.69) is 15.3 Å². The van der Waals surface area contributed by atoms with Crippen LogP contribution >= 0.6 is 0 Å². The van der Waals surface area contributed by atoms with Crippen molar-refractivity contribution < 1.29 is 14.7 Å². The summed E-state index contributed by atoms with van der Waals surface area (Å²) in [4.78, 5) is 31.6. The van der Waals surface area contributed by atoms with Crippen molar-refractivity contribution in [2.24, 2.45) is 0 Å². The van der Waals surface area contributed by atoms with Gasteiger partial charge in [-0.15, -0.1) is 0 Å². The van der Waals surface area contributed by atoms with Crippen LogP contribution in [0.25, 0.3) is 22.7 Å². The molecule has 7 heteroatoms. The van der Waals surface area contributed by atoms with Gasteiger partial charge in [-0.05, 0) is 35.9 Å². The van der Waals surface area contributed by atoms with Crippen LogP contribution in [0.2, 0.25) is 0 Å². The number of carbonyl (C=O) groups is 2. The Morgan fingerprint density at radius 1 is 1.00 bits per heavy atom. The van der Waals surface area contributed by atoms with Crippen LogP contribution < -0.4 is 11.1 Å². The van der Waals surface area contributed by atoms with Gasteiger partial charge in [0.05, 0.1) is 11.1 Å². The zero-order chi connectivity index (χ0) is 21.1. The largest absolute Gasteiger partial charge is 0.478 e. The zero-order valence-corrected chi connectivity index (χ0v) is 15.8. The number of aromatic amines is 1. The average Bonchev–Trinajstić information content (AvgIpc) is 3.14. The van der Waals surface area contributed by atoms with Gasteiger partial charge in [0, 0.05) is 22.8 Å². The molecule has 1 amide bonds. The van der Waals surface area contributed by atoms with Crippen molar-refractivity contribution in [3.63, 3.8) is 0 Å². The van der Waals surface area contributed by atoms with Gasteiger partial charge in [0.25, 0.3) is 5.91 Å². The molecule has 2 aromatic carbocycles. The lowest BCUT2D eigenvalue weighted by Gasteiger charge is -2.07. The van der Waals surface area contributed by atoms with E-state index in [1.54, 1.807) is 72.9 Å². The number of nitrogens with one attached hydrogen (secondary N) is 2. The van der Waals surface area contributed by atoms with E-state index >= 15 is 0 Å². The molecule has 0 unspecified atom stereocenters. The van der Waals surface area contributed by atoms with Gasteiger partial charge >= 0.3 is 5.97 Å². The van der Waals surface area contributed by atoms with E-state index in [0.29, 0.717) is 33.8 Å². The molecule has 0 atom stereocenters. The van der Waals surface area contributed by atoms with Crippen molar-refractivity contribution in [3.05, 3.63) is 89.6 Å². The van der Waals surface area contributed by atoms with Gasteiger partial charge in [0.15, 0.2) is 0 Å². The van der Waals surface area contributed by atoms with E-state index in [9.17, 15) is 14.7 Å². The number of hydrogen-bond acceptors (Lipinski definition) is 4. The molecule has 2 aromatic heterocycles. The first-order valence-corrected chi connectivity index (χ1v) is 9.17. The van der Waals surface area contributed by atoms with E-state index in [0.717, 1.165) is 5.39 Å². The molecule has 7 nitrogen and oxygen atoms in total. The third-order valence-electron chi connectivity index (χ3n) is 4.63. The third kappa shape index (κ3) is 3.77. The summed E-state index contributed by atoms with van der Waals surface area (Å²) in [5.41, 5.74) is 8.58. The Balaban J connectivity index is 1.65. The molecule has 0 aliphatic rings. The highest BCUT2D eigenvalue weighted by molar-refractivity contribution is 6.21. The number of carbonyl (C=O) groups excluding carboxylic acids is 1. The maximum atomic E-state index is 12.4. The highest BCUT2D eigenvalue weighted by Gasteiger charge is 2.14. The number of amides is 1. The minimum Gasteiger partial charge on any atom is -0.478 e. The summed E-state index contributed by atoms with van der Waals surface area (Å²) in [6.45, 7) is 0. The van der Waals surface area contributed by atoms with Gasteiger partial charge in [-0.1, -0.05) is 42.5 Å². The second-order valence-corrected chi connectivity index (χ2v) is 6.61. The van der Waals surface area contributed by atoms with Crippen LogP contribution in [0.4, 0.5) is 11.5 Å². The van der Waals surface area contributed by atoms with Gasteiger partial charge < -0.3 is 21.1 Å². The standard InChI is InChI=1S/C23H18N4O3/c24-19-9-5-4-8-17(19)22(28)27-20-11-10-16-15(13-25-21(16)26-20)12-18(23(29)30)14-6-2-1-3-7-14/h1-13H,24H2,(H,29,30)(H2,25,26,27,28)/b18-12+. The van der Waals surface area contributed by atoms with Crippen molar-refractivity contribution in [1.82, 2.24) is 9.97 Å². The zero-order valence-electron chi connectivity index (χ0n) is 15.8. The van der Waals surface area contributed by atoms with Gasteiger partial charge in [-0.3, -0.25) is 4.79 Å². The number of nitrogens with zero attached hydrogens (tertiary/aromatic N) is 1. The first-order chi connectivity index (χ1) is 14.5. The van der Waals surface area contributed by atoms with Gasteiger partial charge in [0.2, 0.25) is 0 Å². The highest BCUT2D eigenvalue weighted by Crippen LogP contribution is 2.25. The molecule has 5 N–H and O–H groups in total. The number of aliphatic carboxylic acids is 1. The molecule has 2 heterocycles. The molecule has 0 spiro atoms. The summed E-state index contributed by atoms with van der Waals surface area (Å²) >= 11 is 0. The van der Waals surface area contributed by atoms with Crippen molar-refractivity contribution in [2.45, 2.75) is 0 Å². The molecule has 30 heavy (non-hydrogen) atoms. The molecule has 0 aliphatic heterocycles. The summed E-state index contributed by atoms with van der Waals surface area (Å²) in [5.74, 6) is -1.02. The average molecular weight is 398 g/mol. The van der Waals surface area contributed by atoms with Crippen LogP contribution in [0.15, 0.2) is 72.9 Å². The maximum Gasteiger partial charge on any atom is 0.336 e. The van der Waals surface area contributed by atoms with Crippen LogP contribution in [0, 0.1) is 0 Å². The Morgan fingerprint density at radius 2 is 1.73 bits per heavy atom. The normalized spacial score (nSPS) is 11.4. The lowest BCUT2D eigenvalue weighted by molar-refractivity contribution is -0.130. The number of aromatic nitrogens is 2. The molecule has 0 bridgehead atoms. The Bertz CT molecular complexity index is 1280. The van der Waals surface area contributed by atoms with Gasteiger partial charge in [-0.25, -0.2) is 9.78 Å². The monoisotopic (exact) mass is 398 g/mol. The van der Waals surface area contributed by atoms with E-state index in [1.807, 2.05) is 6.07 Å². The fraction of sp³-hybridized carbons (Fsp3) is 0. The first-order valence-electron chi connectivity index (χ1n) is 9.17. The third-order valence-corrected chi connectivity index (χ3v) is 4.63. The molecule has 4 rings (SSSR count). The maximum absolute atomic E-state index is 12.4. The van der Waals surface area contributed by atoms with Crippen molar-refractivity contribution in [2.75, 3.05) is 11.1 Å². The number of benzene rings is 2. The number of hydrogen-bond donors (Lipinski definition) is 4. The molecule has 0 fully saturated rings. The van der Waals surface area contributed by atoms with Gasteiger partial charge in [-0.2, -0.15) is 0 Å². The minimum atomic E-state index is -1.02. The second kappa shape index (κ2) is 7.92. The fourth-order valence-corrected chi connectivity index (χ4v) is 3.14. The number of pyridine rings is 1. The molecular weight excluding hydrogens is 380 g/mol. The summed E-state index contributed by atoms with van der Waals surface area (Å²) in [6, 6.07) is 19.1. The molecule has 0 radical (unpaired) electrons. The molecule has 0 saturated heterocycles. The Morgan fingerprint density at radius 3 is 2.47 bits per heavy atom. The summed E-state index contributed by atoms with van der Waals surface area (Å²) in [7, 11) is 0. The quantitative estimate of drug-likeness (QED) is 0.299. The van der Waals surface area contributed by atoms with Crippen LogP contribution in [-0.4, -0.2) is 27.0 Å². The molecule has 0 aliphatic carbocycles. The summed E-state index contributed by atoms with van der Waals surface area (Å²) < 4.78 is 0. The number of para-hydroxylation sites is 1. The number of nitrogens with two attached hydrogens (primary N) is 1. The van der Waals surface area contributed by atoms with E-state index < -0.39 is 5.97 Å². The number of carboxylic acids is 1. The number of rotatable bonds is 5. The molecular formula is C23H18N4O3. The van der Waals surface area contributed by atoms with Gasteiger partial charge in [0.1, 0.15) is 11.5 Å². The number of fused-ring (bicyclic) bond motifs is 1. The second-order valence-electron chi connectivity index (χ2n) is 6.61. The van der Waals surface area contributed by atoms with Crippen molar-refractivity contribution in [1.29, 1.82) is 0 Å². The molecule has 0 saturated carbocycles. The first kappa shape index (κ1) is 18.9. The SMILES string of the molecule is Nc1ccccc1C(=O)Nc1ccc2c(/C=C(/C(=O)O)c3ccccc3)c[nH]c2n1. The lowest BCUT2D eigenvalue weighted by Crippen LogP contribution is -2.14. The Hall–Kier alpha value is -4.39. The number of H-pyrrole nitrogens is 1. The van der Waals surface area contributed by atoms with Crippen LogP contribution in [0.5, 0.6) is 0 Å². The lowest BCUT2D eigenvalue weighted by atomic mass is 10.0. The minimum absolute atomic E-state index is 0.174. The predicted molar refractivity (Wildman–Crippen MR) is 117 cm³/mol. The van der Waals surface area contributed by atoms with Crippen LogP contribution in [-0.2, 0) is 4.79 Å². The van der Waals surface area contributed by atoms with Crippen LogP contribution in [0.1, 0.15) is 21.5 Å². The number of carboxylic acid groups (broad SMARTS) is 1. The smallest absolute Gasteiger partial charge is 0.336 e. The Labute approximate surface area is 171 Å². The summed E-state index contributed by atoms with van der Waals surface area (Å²) in [5, 5.41) is 13.1. The topological polar surface area (TPSA) is 121 Å². The van der Waals surface area contributed by atoms with Crippen molar-refractivity contribution in [3.8, 4) is 0 Å². The Kier molecular flexibility index (Phi) is 5.00. The number of anilines is 2. The highest BCUT2D eigenvalue weighted by atomic mass is 16.4. The molecule has 148 valence electrons. The molecule has 4 aromatic rings. The number of nitrogen functional groups attached to an aromatic ring is 1. The fourth-order valence-electron chi connectivity index (χ4n) is 3.14. The van der Waals surface area contributed by atoms with Crippen molar-refractivity contribution >= 4 is 46.1 Å². The van der Waals surface area contributed by atoms with Crippen LogP contribution in [0.3, 0.4) is 0 Å². The van der Waals surface area contributed by atoms with E-state index in [-0.39, 0.29) is 11.5 Å². The van der Waals surface area contributed by atoms with E-state index in [4.69, 9.17) is 5.73 Å².